The highest BCUT2D eigenvalue weighted by molar-refractivity contribution is 9.10. The van der Waals surface area contributed by atoms with Gasteiger partial charge in [-0.3, -0.25) is 4.79 Å². The van der Waals surface area contributed by atoms with Gasteiger partial charge in [-0.2, -0.15) is 0 Å². The molecule has 18 heavy (non-hydrogen) atoms. The summed E-state index contributed by atoms with van der Waals surface area (Å²) in [5.41, 5.74) is 7.05. The third kappa shape index (κ3) is 2.84. The number of esters is 1. The normalized spacial score (nSPS) is 20.8. The Balaban J connectivity index is 2.02. The van der Waals surface area contributed by atoms with Crippen molar-refractivity contribution in [2.75, 3.05) is 25.1 Å². The van der Waals surface area contributed by atoms with E-state index in [0.29, 0.717) is 0 Å². The van der Waals surface area contributed by atoms with Gasteiger partial charge in [-0.05, 0) is 24.6 Å². The molecule has 0 saturated carbocycles. The third-order valence-corrected chi connectivity index (χ3v) is 3.87. The van der Waals surface area contributed by atoms with Gasteiger partial charge >= 0.3 is 5.97 Å². The van der Waals surface area contributed by atoms with Crippen molar-refractivity contribution in [3.05, 3.63) is 28.7 Å². The molecule has 1 aromatic rings. The van der Waals surface area contributed by atoms with Crippen molar-refractivity contribution in [2.45, 2.75) is 12.5 Å². The zero-order chi connectivity index (χ0) is 13.1. The van der Waals surface area contributed by atoms with Crippen LogP contribution in [0.3, 0.4) is 0 Å². The lowest BCUT2D eigenvalue weighted by atomic mass is 10.0. The first-order valence-corrected chi connectivity index (χ1v) is 6.75. The summed E-state index contributed by atoms with van der Waals surface area (Å²) in [4.78, 5) is 13.7. The number of carbonyl (C=O) groups is 1. The average Bonchev–Trinajstić information content (AvgIpc) is 2.86. The Hall–Kier alpha value is -1.07. The summed E-state index contributed by atoms with van der Waals surface area (Å²) >= 11 is 3.46. The molecular formula is C13H17BrN2O2. The minimum absolute atomic E-state index is 0.163. The van der Waals surface area contributed by atoms with Crippen LogP contribution in [0.25, 0.3) is 0 Å². The molecule has 4 nitrogen and oxygen atoms in total. The molecule has 2 atom stereocenters. The fourth-order valence-electron chi connectivity index (χ4n) is 2.32. The molecule has 0 amide bonds. The van der Waals surface area contributed by atoms with Crippen LogP contribution in [0.15, 0.2) is 28.7 Å². The maximum Gasteiger partial charge on any atom is 0.322 e. The average molecular weight is 313 g/mol. The first-order chi connectivity index (χ1) is 8.61. The van der Waals surface area contributed by atoms with E-state index in [4.69, 9.17) is 10.5 Å². The summed E-state index contributed by atoms with van der Waals surface area (Å²) in [6.45, 7) is 1.72. The quantitative estimate of drug-likeness (QED) is 0.864. The number of nitrogens with two attached hydrogens (primary N) is 1. The molecule has 1 fully saturated rings. The number of hydrogen-bond donors (Lipinski definition) is 1. The van der Waals surface area contributed by atoms with Gasteiger partial charge in [-0.15, -0.1) is 0 Å². The number of anilines is 1. The highest BCUT2D eigenvalue weighted by Gasteiger charge is 2.32. The molecule has 5 heteroatoms. The number of hydrogen-bond acceptors (Lipinski definition) is 4. The van der Waals surface area contributed by atoms with E-state index in [0.717, 1.165) is 29.7 Å². The van der Waals surface area contributed by atoms with Crippen molar-refractivity contribution in [2.24, 2.45) is 11.7 Å². The lowest BCUT2D eigenvalue weighted by molar-refractivity contribution is -0.143. The Labute approximate surface area is 115 Å². The van der Waals surface area contributed by atoms with E-state index >= 15 is 0 Å². The van der Waals surface area contributed by atoms with Gasteiger partial charge < -0.3 is 15.4 Å². The van der Waals surface area contributed by atoms with Crippen LogP contribution < -0.4 is 10.6 Å². The van der Waals surface area contributed by atoms with Crippen LogP contribution in [0.1, 0.15) is 6.42 Å². The van der Waals surface area contributed by atoms with Crippen molar-refractivity contribution in [3.8, 4) is 0 Å². The predicted octanol–water partition coefficient (Wildman–Crippen LogP) is 1.78. The van der Waals surface area contributed by atoms with Crippen LogP contribution >= 0.6 is 15.9 Å². The minimum atomic E-state index is -0.521. The van der Waals surface area contributed by atoms with Gasteiger partial charge in [0.05, 0.1) is 7.11 Å². The van der Waals surface area contributed by atoms with Crippen molar-refractivity contribution < 1.29 is 9.53 Å². The van der Waals surface area contributed by atoms with Crippen molar-refractivity contribution in [1.82, 2.24) is 0 Å². The summed E-state index contributed by atoms with van der Waals surface area (Å²) < 4.78 is 5.75. The van der Waals surface area contributed by atoms with Gasteiger partial charge in [0.1, 0.15) is 6.04 Å². The summed E-state index contributed by atoms with van der Waals surface area (Å²) in [7, 11) is 1.38. The van der Waals surface area contributed by atoms with Crippen molar-refractivity contribution >= 4 is 27.6 Å². The molecule has 0 spiro atoms. The Morgan fingerprint density at radius 1 is 1.61 bits per heavy atom. The van der Waals surface area contributed by atoms with Crippen LogP contribution in [0, 0.1) is 5.92 Å². The van der Waals surface area contributed by atoms with Gasteiger partial charge in [0.2, 0.25) is 0 Å². The van der Waals surface area contributed by atoms with Gasteiger partial charge in [0.15, 0.2) is 0 Å². The van der Waals surface area contributed by atoms with Gasteiger partial charge in [0.25, 0.3) is 0 Å². The smallest absolute Gasteiger partial charge is 0.322 e. The van der Waals surface area contributed by atoms with Gasteiger partial charge in [-0.1, -0.05) is 22.0 Å². The van der Waals surface area contributed by atoms with Gasteiger partial charge in [-0.25, -0.2) is 0 Å². The minimum Gasteiger partial charge on any atom is -0.468 e. The molecule has 2 unspecified atom stereocenters. The van der Waals surface area contributed by atoms with E-state index < -0.39 is 6.04 Å². The third-order valence-electron chi connectivity index (χ3n) is 3.38. The van der Waals surface area contributed by atoms with Crippen LogP contribution in [0.2, 0.25) is 0 Å². The second-order valence-corrected chi connectivity index (χ2v) is 5.44. The molecule has 1 heterocycles. The summed E-state index contributed by atoms with van der Waals surface area (Å²) in [5, 5.41) is 0. The first-order valence-electron chi connectivity index (χ1n) is 5.95. The molecule has 1 aliphatic heterocycles. The fraction of sp³-hybridized carbons (Fsp3) is 0.462. The Bertz CT molecular complexity index is 439. The molecule has 2 N–H and O–H groups in total. The number of rotatable bonds is 3. The maximum atomic E-state index is 11.4. The molecule has 0 radical (unpaired) electrons. The number of halogens is 1. The number of ether oxygens (including phenoxy) is 1. The van der Waals surface area contributed by atoms with E-state index in [1.165, 1.54) is 7.11 Å². The second-order valence-electron chi connectivity index (χ2n) is 4.52. The van der Waals surface area contributed by atoms with E-state index in [9.17, 15) is 4.79 Å². The lowest BCUT2D eigenvalue weighted by Gasteiger charge is -2.20. The molecule has 98 valence electrons. The highest BCUT2D eigenvalue weighted by atomic mass is 79.9. The number of methoxy groups -OCH3 is 1. The Kier molecular flexibility index (Phi) is 4.24. The monoisotopic (exact) mass is 312 g/mol. The molecule has 1 aliphatic rings. The Morgan fingerprint density at radius 2 is 2.39 bits per heavy atom. The second kappa shape index (κ2) is 5.71. The zero-order valence-corrected chi connectivity index (χ0v) is 11.9. The van der Waals surface area contributed by atoms with E-state index in [1.807, 2.05) is 12.1 Å². The Morgan fingerprint density at radius 3 is 3.06 bits per heavy atom. The van der Waals surface area contributed by atoms with Crippen LogP contribution in [-0.4, -0.2) is 32.2 Å². The van der Waals surface area contributed by atoms with Gasteiger partial charge in [0, 0.05) is 29.2 Å². The summed E-state index contributed by atoms with van der Waals surface area (Å²) in [6, 6.07) is 7.62. The predicted molar refractivity (Wildman–Crippen MR) is 74.5 cm³/mol. The number of nitrogens with zero attached hydrogens (tertiary/aromatic N) is 1. The molecule has 0 bridgehead atoms. The number of carbonyl (C=O) groups excluding carboxylic acids is 1. The molecule has 0 aliphatic carbocycles. The maximum absolute atomic E-state index is 11.4. The van der Waals surface area contributed by atoms with E-state index in [-0.39, 0.29) is 11.9 Å². The summed E-state index contributed by atoms with van der Waals surface area (Å²) in [6.07, 6.45) is 0.919. The number of benzene rings is 1. The molecule has 2 rings (SSSR count). The molecule has 1 aromatic carbocycles. The SMILES string of the molecule is COC(=O)C(N)C1CCN(c2cccc(Br)c2)C1. The standard InChI is InChI=1S/C13H17BrN2O2/c1-18-13(17)12(15)9-5-6-16(8-9)11-4-2-3-10(14)7-11/h2-4,7,9,12H,5-6,8,15H2,1H3. The lowest BCUT2D eigenvalue weighted by Crippen LogP contribution is -2.40. The van der Waals surface area contributed by atoms with E-state index in [2.05, 4.69) is 33.0 Å². The zero-order valence-electron chi connectivity index (χ0n) is 10.3. The first kappa shape index (κ1) is 13.4. The van der Waals surface area contributed by atoms with Crippen LogP contribution in [0.4, 0.5) is 5.69 Å². The van der Waals surface area contributed by atoms with Crippen LogP contribution in [0.5, 0.6) is 0 Å². The van der Waals surface area contributed by atoms with Crippen LogP contribution in [-0.2, 0) is 9.53 Å². The topological polar surface area (TPSA) is 55.6 Å². The summed E-state index contributed by atoms with van der Waals surface area (Å²) in [5.74, 6) is -0.160. The van der Waals surface area contributed by atoms with E-state index in [1.54, 1.807) is 0 Å². The highest BCUT2D eigenvalue weighted by Crippen LogP contribution is 2.27. The molecule has 0 aromatic heterocycles. The molecular weight excluding hydrogens is 296 g/mol. The largest absolute Gasteiger partial charge is 0.468 e. The van der Waals surface area contributed by atoms with Crippen molar-refractivity contribution in [3.63, 3.8) is 0 Å². The fourth-order valence-corrected chi connectivity index (χ4v) is 2.70. The molecule has 1 saturated heterocycles. The van der Waals surface area contributed by atoms with Crippen molar-refractivity contribution in [1.29, 1.82) is 0 Å².